The Morgan fingerprint density at radius 3 is 1.95 bits per heavy atom. The summed E-state index contributed by atoms with van der Waals surface area (Å²) in [6, 6.07) is 30.3. The number of aliphatic imine (C=N–C) groups is 1. The van der Waals surface area contributed by atoms with Crippen LogP contribution in [0.15, 0.2) is 96.0 Å². The lowest BCUT2D eigenvalue weighted by molar-refractivity contribution is -0.130. The molecule has 7 rings (SSSR count). The average Bonchev–Trinajstić information content (AvgIpc) is 3.77. The Balaban J connectivity index is 1.05. The van der Waals surface area contributed by atoms with Crippen molar-refractivity contribution < 1.29 is 9.59 Å². The fourth-order valence-electron chi connectivity index (χ4n) is 6.98. The van der Waals surface area contributed by atoms with Crippen LogP contribution in [-0.4, -0.2) is 65.8 Å². The molecule has 1 N–H and O–H groups in total. The van der Waals surface area contributed by atoms with Gasteiger partial charge in [0.25, 0.3) is 5.91 Å². The third kappa shape index (κ3) is 4.43. The monoisotopic (exact) mass is 547 g/mol. The van der Waals surface area contributed by atoms with Crippen LogP contribution in [0.3, 0.4) is 0 Å². The van der Waals surface area contributed by atoms with Gasteiger partial charge in [0, 0.05) is 31.2 Å². The minimum absolute atomic E-state index is 0.0653. The molecule has 1 spiro atoms. The van der Waals surface area contributed by atoms with Crippen LogP contribution in [0.4, 0.5) is 5.69 Å². The van der Waals surface area contributed by atoms with E-state index < -0.39 is 11.1 Å². The summed E-state index contributed by atoms with van der Waals surface area (Å²) in [7, 11) is 0. The number of piperidine rings is 1. The third-order valence-electron chi connectivity index (χ3n) is 9.38. The Morgan fingerprint density at radius 2 is 1.37 bits per heavy atom. The molecule has 2 saturated heterocycles. The summed E-state index contributed by atoms with van der Waals surface area (Å²) in [6.07, 6.45) is 4.66. The van der Waals surface area contributed by atoms with Gasteiger partial charge in [-0.2, -0.15) is 0 Å². The molecule has 41 heavy (non-hydrogen) atoms. The van der Waals surface area contributed by atoms with E-state index in [1.165, 1.54) is 0 Å². The maximum Gasteiger partial charge on any atom is 0.265 e. The number of rotatable bonds is 8. The topological polar surface area (TPSA) is 68.2 Å². The number of carbonyl (C=O) groups excluding carboxylic acids is 2. The van der Waals surface area contributed by atoms with Crippen LogP contribution in [0.5, 0.6) is 0 Å². The lowest BCUT2D eigenvalue weighted by Gasteiger charge is -2.43. The van der Waals surface area contributed by atoms with E-state index in [9.17, 15) is 9.59 Å². The van der Waals surface area contributed by atoms with Crippen LogP contribution in [0.1, 0.15) is 43.2 Å². The van der Waals surface area contributed by atoms with Crippen molar-refractivity contribution in [3.63, 3.8) is 0 Å². The molecule has 0 unspecified atom stereocenters. The average molecular weight is 548 g/mol. The second-order valence-corrected chi connectivity index (χ2v) is 11.8. The Labute approximate surface area is 241 Å². The van der Waals surface area contributed by atoms with Gasteiger partial charge < -0.3 is 15.1 Å². The van der Waals surface area contributed by atoms with Gasteiger partial charge in [-0.15, -0.1) is 0 Å². The van der Waals surface area contributed by atoms with Gasteiger partial charge in [0.05, 0.1) is 6.67 Å². The zero-order chi connectivity index (χ0) is 27.9. The minimum Gasteiger partial charge on any atom is -0.339 e. The van der Waals surface area contributed by atoms with E-state index in [1.807, 2.05) is 83.8 Å². The molecule has 0 atom stereocenters. The molecular formula is C34H37N5O2. The quantitative estimate of drug-likeness (QED) is 0.454. The van der Waals surface area contributed by atoms with E-state index in [2.05, 4.69) is 27.2 Å². The zero-order valence-electron chi connectivity index (χ0n) is 23.4. The number of hydrogen-bond donors (Lipinski definition) is 1. The van der Waals surface area contributed by atoms with Gasteiger partial charge in [0.15, 0.2) is 5.54 Å². The number of para-hydroxylation sites is 1. The molecule has 2 amide bonds. The maximum absolute atomic E-state index is 14.4. The third-order valence-corrected chi connectivity index (χ3v) is 9.38. The number of hydrogen-bond acceptors (Lipinski definition) is 5. The van der Waals surface area contributed by atoms with Gasteiger partial charge in [0.2, 0.25) is 5.91 Å². The van der Waals surface area contributed by atoms with E-state index in [4.69, 9.17) is 4.99 Å². The number of anilines is 1. The number of likely N-dealkylation sites (tertiary alicyclic amines) is 1. The van der Waals surface area contributed by atoms with Crippen molar-refractivity contribution >= 4 is 23.3 Å². The molecule has 7 nitrogen and oxygen atoms in total. The molecule has 7 heteroatoms. The van der Waals surface area contributed by atoms with Crippen molar-refractivity contribution in [2.75, 3.05) is 37.7 Å². The molecule has 3 heterocycles. The highest BCUT2D eigenvalue weighted by molar-refractivity contribution is 6.11. The second-order valence-electron chi connectivity index (χ2n) is 11.8. The van der Waals surface area contributed by atoms with Gasteiger partial charge >= 0.3 is 0 Å². The van der Waals surface area contributed by atoms with Crippen LogP contribution >= 0.6 is 0 Å². The molecule has 0 radical (unpaired) electrons. The van der Waals surface area contributed by atoms with Gasteiger partial charge in [-0.1, -0.05) is 78.9 Å². The number of nitrogens with one attached hydrogen (secondary N) is 1. The smallest absolute Gasteiger partial charge is 0.265 e. The Morgan fingerprint density at radius 1 is 0.780 bits per heavy atom. The summed E-state index contributed by atoms with van der Waals surface area (Å²) in [4.78, 5) is 39.4. The number of nitrogens with zero attached hydrogens (tertiary/aromatic N) is 4. The second kappa shape index (κ2) is 10.5. The number of benzene rings is 3. The molecule has 4 aliphatic rings. The number of carbonyl (C=O) groups is 2. The Bertz CT molecular complexity index is 1390. The van der Waals surface area contributed by atoms with Crippen LogP contribution in [0, 0.1) is 5.92 Å². The Hall–Kier alpha value is -3.97. The highest BCUT2D eigenvalue weighted by Gasteiger charge is 2.54. The van der Waals surface area contributed by atoms with Crippen molar-refractivity contribution in [2.45, 2.75) is 43.2 Å². The van der Waals surface area contributed by atoms with Gasteiger partial charge in [-0.3, -0.25) is 14.5 Å². The Kier molecular flexibility index (Phi) is 6.62. The summed E-state index contributed by atoms with van der Waals surface area (Å²) >= 11 is 0. The lowest BCUT2D eigenvalue weighted by atomic mass is 9.83. The molecule has 1 saturated carbocycles. The largest absolute Gasteiger partial charge is 0.339 e. The van der Waals surface area contributed by atoms with E-state index in [0.717, 1.165) is 74.4 Å². The fourth-order valence-corrected chi connectivity index (χ4v) is 6.98. The molecule has 3 aliphatic heterocycles. The lowest BCUT2D eigenvalue weighted by Crippen LogP contribution is -2.56. The minimum atomic E-state index is -1.02. The SMILES string of the molecule is O=C1N(CCCN2CCC3(CC2)C(=O)NCN3c2ccccc2)C(C2CC2)=NC1(c1ccccc1)c1ccccc1. The summed E-state index contributed by atoms with van der Waals surface area (Å²) in [5.41, 5.74) is 1.46. The first-order chi connectivity index (χ1) is 20.1. The standard InChI is InChI=1S/C34H37N5O2/c40-31-33(39(25-35-31)29-15-8-3-9-16-29)19-23-37(24-20-33)21-10-22-38-30(26-17-18-26)36-34(32(38)41,27-11-4-1-5-12-27)28-13-6-2-7-14-28/h1-9,11-16,26H,10,17-25H2,(H,35,40). The summed E-state index contributed by atoms with van der Waals surface area (Å²) in [6.45, 7) is 3.86. The maximum atomic E-state index is 14.4. The first-order valence-electron chi connectivity index (χ1n) is 15.0. The molecular weight excluding hydrogens is 510 g/mol. The zero-order valence-corrected chi connectivity index (χ0v) is 23.4. The van der Waals surface area contributed by atoms with Gasteiger partial charge in [0.1, 0.15) is 11.4 Å². The summed E-state index contributed by atoms with van der Waals surface area (Å²) < 4.78 is 0. The van der Waals surface area contributed by atoms with Gasteiger partial charge in [-0.25, -0.2) is 4.99 Å². The van der Waals surface area contributed by atoms with Crippen molar-refractivity contribution in [1.82, 2.24) is 15.1 Å². The highest BCUT2D eigenvalue weighted by atomic mass is 16.2. The van der Waals surface area contributed by atoms with Crippen LogP contribution in [-0.2, 0) is 15.1 Å². The number of amidine groups is 1. The molecule has 0 aromatic heterocycles. The highest BCUT2D eigenvalue weighted by Crippen LogP contribution is 2.45. The van der Waals surface area contributed by atoms with E-state index in [0.29, 0.717) is 19.1 Å². The van der Waals surface area contributed by atoms with Gasteiger partial charge in [-0.05, 0) is 61.9 Å². The van der Waals surface area contributed by atoms with Crippen LogP contribution in [0.25, 0.3) is 0 Å². The normalized spacial score (nSPS) is 21.8. The molecule has 3 aromatic rings. The summed E-state index contributed by atoms with van der Waals surface area (Å²) in [5, 5.41) is 3.10. The van der Waals surface area contributed by atoms with Crippen LogP contribution < -0.4 is 10.2 Å². The predicted molar refractivity (Wildman–Crippen MR) is 160 cm³/mol. The molecule has 1 aliphatic carbocycles. The van der Waals surface area contributed by atoms with E-state index in [-0.39, 0.29) is 11.8 Å². The predicted octanol–water partition coefficient (Wildman–Crippen LogP) is 4.40. The van der Waals surface area contributed by atoms with E-state index >= 15 is 0 Å². The molecule has 3 aromatic carbocycles. The van der Waals surface area contributed by atoms with Crippen molar-refractivity contribution in [3.8, 4) is 0 Å². The van der Waals surface area contributed by atoms with Crippen molar-refractivity contribution in [2.24, 2.45) is 10.9 Å². The van der Waals surface area contributed by atoms with Crippen molar-refractivity contribution in [1.29, 1.82) is 0 Å². The van der Waals surface area contributed by atoms with Crippen molar-refractivity contribution in [3.05, 3.63) is 102 Å². The first-order valence-corrected chi connectivity index (χ1v) is 15.0. The molecule has 0 bridgehead atoms. The van der Waals surface area contributed by atoms with Crippen LogP contribution in [0.2, 0.25) is 0 Å². The molecule has 3 fully saturated rings. The van der Waals surface area contributed by atoms with E-state index in [1.54, 1.807) is 0 Å². The first kappa shape index (κ1) is 26.0. The number of amides is 2. The summed E-state index contributed by atoms with van der Waals surface area (Å²) in [5.74, 6) is 1.54. The fraction of sp³-hybridized carbons (Fsp3) is 0.382. The molecule has 210 valence electrons.